The summed E-state index contributed by atoms with van der Waals surface area (Å²) in [5, 5.41) is 9.61. The molecular formula is C16H20N4O2S. The molecule has 122 valence electrons. The van der Waals surface area contributed by atoms with Gasteiger partial charge in [-0.3, -0.25) is 4.79 Å². The Hall–Kier alpha value is -2.15. The van der Waals surface area contributed by atoms with Gasteiger partial charge in [0.25, 0.3) is 0 Å². The van der Waals surface area contributed by atoms with Crippen molar-refractivity contribution < 1.29 is 9.53 Å². The van der Waals surface area contributed by atoms with Gasteiger partial charge in [-0.2, -0.15) is 10.1 Å². The van der Waals surface area contributed by atoms with E-state index in [1.54, 1.807) is 16.0 Å². The summed E-state index contributed by atoms with van der Waals surface area (Å²) in [5.74, 6) is -0.0249. The molecule has 0 fully saturated rings. The van der Waals surface area contributed by atoms with Crippen LogP contribution in [-0.2, 0) is 9.53 Å². The highest BCUT2D eigenvalue weighted by molar-refractivity contribution is 7.10. The summed E-state index contributed by atoms with van der Waals surface area (Å²) in [6.45, 7) is 6.27. The first-order valence-electron chi connectivity index (χ1n) is 7.74. The lowest BCUT2D eigenvalue weighted by atomic mass is 9.91. The van der Waals surface area contributed by atoms with Crippen molar-refractivity contribution in [1.29, 1.82) is 0 Å². The number of hydrogen-bond donors (Lipinski definition) is 1. The zero-order valence-electron chi connectivity index (χ0n) is 13.4. The van der Waals surface area contributed by atoms with Gasteiger partial charge in [0.05, 0.1) is 6.61 Å². The molecule has 0 amide bonds. The lowest BCUT2D eigenvalue weighted by molar-refractivity contribution is -0.147. The van der Waals surface area contributed by atoms with Gasteiger partial charge in [0, 0.05) is 10.6 Å². The van der Waals surface area contributed by atoms with Crippen molar-refractivity contribution in [2.45, 2.75) is 33.2 Å². The largest absolute Gasteiger partial charge is 0.465 e. The number of hydrogen-bond acceptors (Lipinski definition) is 6. The molecule has 2 aromatic rings. The summed E-state index contributed by atoms with van der Waals surface area (Å²) < 4.78 is 7.13. The fraction of sp³-hybridized carbons (Fsp3) is 0.438. The molecule has 0 bridgehead atoms. The summed E-state index contributed by atoms with van der Waals surface area (Å²) in [6, 6.07) is 1.83. The summed E-state index contributed by atoms with van der Waals surface area (Å²) >= 11 is 1.63. The van der Waals surface area contributed by atoms with Gasteiger partial charge in [-0.15, -0.1) is 11.3 Å². The van der Waals surface area contributed by atoms with Crippen LogP contribution in [0.2, 0.25) is 0 Å². The van der Waals surface area contributed by atoms with Crippen molar-refractivity contribution >= 4 is 23.3 Å². The Kier molecular flexibility index (Phi) is 4.47. The van der Waals surface area contributed by atoms with Crippen LogP contribution in [0.3, 0.4) is 0 Å². The van der Waals surface area contributed by atoms with E-state index in [0.29, 0.717) is 12.6 Å². The number of carbonyl (C=O) groups is 1. The summed E-state index contributed by atoms with van der Waals surface area (Å²) in [5.41, 5.74) is 1.98. The number of nitrogens with one attached hydrogen (secondary N) is 1. The third-order valence-corrected chi connectivity index (χ3v) is 4.97. The Labute approximate surface area is 139 Å². The van der Waals surface area contributed by atoms with E-state index in [1.807, 2.05) is 25.3 Å². The van der Waals surface area contributed by atoms with Crippen molar-refractivity contribution in [2.75, 3.05) is 11.9 Å². The molecule has 1 aliphatic rings. The van der Waals surface area contributed by atoms with Crippen molar-refractivity contribution in [3.8, 4) is 0 Å². The van der Waals surface area contributed by atoms with Gasteiger partial charge in [0.1, 0.15) is 18.3 Å². The van der Waals surface area contributed by atoms with Crippen LogP contribution in [0.4, 0.5) is 5.95 Å². The predicted octanol–water partition coefficient (Wildman–Crippen LogP) is 3.14. The van der Waals surface area contributed by atoms with Crippen molar-refractivity contribution in [2.24, 2.45) is 5.92 Å². The molecule has 3 heterocycles. The Balaban J connectivity index is 2.15. The minimum absolute atomic E-state index is 0.231. The summed E-state index contributed by atoms with van der Waals surface area (Å²) in [7, 11) is 0. The van der Waals surface area contributed by atoms with Gasteiger partial charge in [0.2, 0.25) is 5.95 Å². The van der Waals surface area contributed by atoms with E-state index in [-0.39, 0.29) is 12.0 Å². The zero-order valence-corrected chi connectivity index (χ0v) is 14.3. The van der Waals surface area contributed by atoms with E-state index < -0.39 is 5.92 Å². The minimum Gasteiger partial charge on any atom is -0.465 e. The molecule has 6 nitrogen and oxygen atoms in total. The molecule has 2 atom stereocenters. The second-order valence-electron chi connectivity index (χ2n) is 5.36. The second kappa shape index (κ2) is 6.54. The Bertz CT molecular complexity index is 734. The van der Waals surface area contributed by atoms with E-state index in [2.05, 4.69) is 28.4 Å². The molecular weight excluding hydrogens is 312 g/mol. The normalized spacial score (nSPS) is 21.8. The standard InChI is InChI=1S/C16H20N4O2S/c1-4-6-11-12(15(21)22-5-2)13(14-10(3)7-8-23-14)20-16(19-11)17-9-18-20/h6-9,12-13H,4-5H2,1-3H3,(H,17,18,19)/b11-6+/t12-,13-/m0/s1. The molecule has 2 aromatic heterocycles. The fourth-order valence-corrected chi connectivity index (χ4v) is 3.94. The number of anilines is 1. The molecule has 1 N–H and O–H groups in total. The van der Waals surface area contributed by atoms with Gasteiger partial charge >= 0.3 is 5.97 Å². The molecule has 3 rings (SSSR count). The van der Waals surface area contributed by atoms with Crippen LogP contribution in [0.5, 0.6) is 0 Å². The Morgan fingerprint density at radius 3 is 3.00 bits per heavy atom. The first-order valence-corrected chi connectivity index (χ1v) is 8.62. The zero-order chi connectivity index (χ0) is 16.4. The molecule has 0 saturated carbocycles. The Morgan fingerprint density at radius 1 is 1.52 bits per heavy atom. The van der Waals surface area contributed by atoms with Crippen LogP contribution in [0.1, 0.15) is 36.8 Å². The molecule has 0 saturated heterocycles. The van der Waals surface area contributed by atoms with Crippen LogP contribution in [0.25, 0.3) is 0 Å². The Morgan fingerprint density at radius 2 is 2.35 bits per heavy atom. The molecule has 23 heavy (non-hydrogen) atoms. The monoisotopic (exact) mass is 332 g/mol. The number of carbonyl (C=O) groups excluding carboxylic acids is 1. The van der Waals surface area contributed by atoms with Crippen LogP contribution in [0.15, 0.2) is 29.5 Å². The molecule has 0 aromatic carbocycles. The first-order chi connectivity index (χ1) is 11.2. The number of allylic oxidation sites excluding steroid dienone is 1. The average molecular weight is 332 g/mol. The number of esters is 1. The number of nitrogens with zero attached hydrogens (tertiary/aromatic N) is 3. The summed E-state index contributed by atoms with van der Waals surface area (Å²) in [4.78, 5) is 18.1. The number of thiophene rings is 1. The minimum atomic E-state index is -0.443. The highest BCUT2D eigenvalue weighted by atomic mass is 32.1. The molecule has 0 spiro atoms. The van der Waals surface area contributed by atoms with Crippen LogP contribution in [0, 0.1) is 12.8 Å². The highest BCUT2D eigenvalue weighted by Crippen LogP contribution is 2.41. The van der Waals surface area contributed by atoms with Crippen molar-refractivity contribution in [1.82, 2.24) is 14.8 Å². The van der Waals surface area contributed by atoms with Crippen LogP contribution < -0.4 is 5.32 Å². The lowest BCUT2D eigenvalue weighted by Gasteiger charge is -2.33. The number of aryl methyl sites for hydroxylation is 1. The fourth-order valence-electron chi connectivity index (χ4n) is 2.90. The molecule has 7 heteroatoms. The van der Waals surface area contributed by atoms with E-state index in [4.69, 9.17) is 4.74 Å². The van der Waals surface area contributed by atoms with E-state index in [9.17, 15) is 4.79 Å². The van der Waals surface area contributed by atoms with Gasteiger partial charge in [-0.05, 0) is 37.3 Å². The lowest BCUT2D eigenvalue weighted by Crippen LogP contribution is -2.38. The SMILES string of the molecule is CC/C=C1/Nc2ncnn2[C@H](c2sccc2C)[C@H]1C(=O)OCC. The third-order valence-electron chi connectivity index (χ3n) is 3.88. The second-order valence-corrected chi connectivity index (χ2v) is 6.31. The van der Waals surface area contributed by atoms with Crippen LogP contribution in [-0.4, -0.2) is 27.3 Å². The average Bonchev–Trinajstić information content (AvgIpc) is 3.15. The van der Waals surface area contributed by atoms with Gasteiger partial charge in [0.15, 0.2) is 0 Å². The predicted molar refractivity (Wildman–Crippen MR) is 89.3 cm³/mol. The number of rotatable bonds is 4. The van der Waals surface area contributed by atoms with Crippen molar-refractivity contribution in [3.05, 3.63) is 40.0 Å². The quantitative estimate of drug-likeness (QED) is 0.871. The maximum Gasteiger partial charge on any atom is 0.317 e. The number of aromatic nitrogens is 3. The smallest absolute Gasteiger partial charge is 0.317 e. The molecule has 0 aliphatic carbocycles. The molecule has 0 radical (unpaired) electrons. The third kappa shape index (κ3) is 2.76. The maximum atomic E-state index is 12.7. The molecule has 0 unspecified atom stereocenters. The number of ether oxygens (including phenoxy) is 1. The van der Waals surface area contributed by atoms with Gasteiger partial charge in [-0.25, -0.2) is 4.68 Å². The summed E-state index contributed by atoms with van der Waals surface area (Å²) in [6.07, 6.45) is 4.35. The van der Waals surface area contributed by atoms with E-state index in [1.165, 1.54) is 6.33 Å². The highest BCUT2D eigenvalue weighted by Gasteiger charge is 2.42. The van der Waals surface area contributed by atoms with Gasteiger partial charge in [-0.1, -0.05) is 13.0 Å². The topological polar surface area (TPSA) is 69.0 Å². The van der Waals surface area contributed by atoms with Crippen molar-refractivity contribution in [3.63, 3.8) is 0 Å². The van der Waals surface area contributed by atoms with E-state index in [0.717, 1.165) is 22.6 Å². The van der Waals surface area contributed by atoms with Crippen LogP contribution >= 0.6 is 11.3 Å². The molecule has 1 aliphatic heterocycles. The van der Waals surface area contributed by atoms with Gasteiger partial charge < -0.3 is 10.1 Å². The van der Waals surface area contributed by atoms with E-state index >= 15 is 0 Å². The maximum absolute atomic E-state index is 12.7. The number of fused-ring (bicyclic) bond motifs is 1. The first kappa shape index (κ1) is 15.7.